The highest BCUT2D eigenvalue weighted by molar-refractivity contribution is 7.89. The molecule has 0 amide bonds. The van der Waals surface area contributed by atoms with E-state index in [0.29, 0.717) is 18.6 Å². The van der Waals surface area contributed by atoms with E-state index in [-0.39, 0.29) is 16.7 Å². The van der Waals surface area contributed by atoms with Gasteiger partial charge < -0.3 is 10.1 Å². The van der Waals surface area contributed by atoms with Crippen LogP contribution in [0.4, 0.5) is 4.39 Å². The molecule has 1 atom stereocenters. The summed E-state index contributed by atoms with van der Waals surface area (Å²) in [5.74, 6) is -0.0551. The summed E-state index contributed by atoms with van der Waals surface area (Å²) >= 11 is 0. The molecule has 1 aliphatic rings. The molecule has 26 heavy (non-hydrogen) atoms. The number of ether oxygens (including phenoxy) is 1. The van der Waals surface area contributed by atoms with Crippen LogP contribution in [-0.2, 0) is 10.0 Å². The van der Waals surface area contributed by atoms with E-state index in [1.54, 1.807) is 0 Å². The Balaban J connectivity index is 1.86. The summed E-state index contributed by atoms with van der Waals surface area (Å²) in [6.45, 7) is 7.41. The highest BCUT2D eigenvalue weighted by Gasteiger charge is 2.24. The number of rotatable bonds is 12. The zero-order valence-corrected chi connectivity index (χ0v) is 16.7. The number of sulfonamides is 1. The van der Waals surface area contributed by atoms with Gasteiger partial charge in [0, 0.05) is 18.2 Å². The van der Waals surface area contributed by atoms with Crippen molar-refractivity contribution in [1.82, 2.24) is 10.0 Å². The first-order valence-electron chi connectivity index (χ1n) is 9.46. The number of halogens is 1. The van der Waals surface area contributed by atoms with Gasteiger partial charge in [0.2, 0.25) is 10.0 Å². The molecule has 0 aromatic heterocycles. The van der Waals surface area contributed by atoms with Crippen LogP contribution in [0.25, 0.3) is 0 Å². The Labute approximate surface area is 156 Å². The monoisotopic (exact) mass is 386 g/mol. The van der Waals surface area contributed by atoms with Crippen LogP contribution >= 0.6 is 0 Å². The molecule has 0 aliphatic heterocycles. The summed E-state index contributed by atoms with van der Waals surface area (Å²) in [7, 11) is -3.69. The lowest BCUT2D eigenvalue weighted by Gasteiger charge is -2.15. The average Bonchev–Trinajstić information content (AvgIpc) is 3.37. The fraction of sp³-hybridized carbons (Fsp3) is 0.684. The van der Waals surface area contributed by atoms with Gasteiger partial charge in [0.05, 0.1) is 11.5 Å². The second kappa shape index (κ2) is 9.67. The quantitative estimate of drug-likeness (QED) is 0.540. The SMILES string of the molecule is CC(C)NCCCC[C@H](C)NS(=O)(=O)c1ccc(F)c(OCC2CC2)c1. The van der Waals surface area contributed by atoms with E-state index in [2.05, 4.69) is 23.9 Å². The molecule has 2 N–H and O–H groups in total. The van der Waals surface area contributed by atoms with Gasteiger partial charge in [-0.15, -0.1) is 0 Å². The zero-order valence-electron chi connectivity index (χ0n) is 15.9. The first-order chi connectivity index (χ1) is 12.3. The molecule has 1 saturated carbocycles. The molecule has 148 valence electrons. The molecule has 7 heteroatoms. The number of unbranched alkanes of at least 4 members (excludes halogenated alkanes) is 1. The van der Waals surface area contributed by atoms with Crippen molar-refractivity contribution >= 4 is 10.0 Å². The normalized spacial score (nSPS) is 16.0. The van der Waals surface area contributed by atoms with Crippen molar-refractivity contribution in [1.29, 1.82) is 0 Å². The van der Waals surface area contributed by atoms with E-state index < -0.39 is 15.8 Å². The van der Waals surface area contributed by atoms with Gasteiger partial charge in [0.25, 0.3) is 0 Å². The molecule has 1 aromatic rings. The number of benzene rings is 1. The Morgan fingerprint density at radius 1 is 1.23 bits per heavy atom. The highest BCUT2D eigenvalue weighted by atomic mass is 32.2. The fourth-order valence-electron chi connectivity index (χ4n) is 2.61. The lowest BCUT2D eigenvalue weighted by molar-refractivity contribution is 0.284. The molecule has 1 aliphatic carbocycles. The molecule has 0 unspecified atom stereocenters. The van der Waals surface area contributed by atoms with E-state index >= 15 is 0 Å². The van der Waals surface area contributed by atoms with Crippen molar-refractivity contribution in [2.75, 3.05) is 13.2 Å². The van der Waals surface area contributed by atoms with Gasteiger partial charge in [-0.2, -0.15) is 0 Å². The minimum absolute atomic E-state index is 0.00666. The van der Waals surface area contributed by atoms with Crippen LogP contribution in [0.2, 0.25) is 0 Å². The average molecular weight is 387 g/mol. The second-order valence-electron chi connectivity index (χ2n) is 7.47. The Hall–Kier alpha value is -1.18. The summed E-state index contributed by atoms with van der Waals surface area (Å²) in [6.07, 6.45) is 4.87. The van der Waals surface area contributed by atoms with Gasteiger partial charge >= 0.3 is 0 Å². The van der Waals surface area contributed by atoms with E-state index in [1.165, 1.54) is 12.1 Å². The van der Waals surface area contributed by atoms with Gasteiger partial charge in [-0.25, -0.2) is 17.5 Å². The van der Waals surface area contributed by atoms with Crippen LogP contribution in [0.3, 0.4) is 0 Å². The minimum atomic E-state index is -3.69. The van der Waals surface area contributed by atoms with Crippen molar-refractivity contribution < 1.29 is 17.5 Å². The minimum Gasteiger partial charge on any atom is -0.490 e. The third kappa shape index (κ3) is 7.21. The van der Waals surface area contributed by atoms with Crippen LogP contribution in [-0.4, -0.2) is 33.7 Å². The Bertz CT molecular complexity index is 675. The Morgan fingerprint density at radius 3 is 2.62 bits per heavy atom. The molecule has 0 bridgehead atoms. The molecular weight excluding hydrogens is 355 g/mol. The van der Waals surface area contributed by atoms with Crippen molar-refractivity contribution in [2.24, 2.45) is 5.92 Å². The number of nitrogens with one attached hydrogen (secondary N) is 2. The van der Waals surface area contributed by atoms with Gasteiger partial charge in [-0.05, 0) is 57.2 Å². The van der Waals surface area contributed by atoms with Crippen molar-refractivity contribution in [3.05, 3.63) is 24.0 Å². The molecule has 0 spiro atoms. The fourth-order valence-corrected chi connectivity index (χ4v) is 3.90. The standard InChI is InChI=1S/C19H31FN2O3S/c1-14(2)21-11-5-4-6-15(3)22-26(23,24)17-9-10-18(20)19(12-17)25-13-16-7-8-16/h9-10,12,14-16,21-22H,4-8,11,13H2,1-3H3/t15-/m0/s1. The molecule has 2 rings (SSSR count). The molecular formula is C19H31FN2O3S. The van der Waals surface area contributed by atoms with E-state index in [9.17, 15) is 12.8 Å². The number of hydrogen-bond donors (Lipinski definition) is 2. The third-order valence-corrected chi connectivity index (χ3v) is 5.94. The molecule has 1 fully saturated rings. The molecule has 0 heterocycles. The first-order valence-corrected chi connectivity index (χ1v) is 10.9. The van der Waals surface area contributed by atoms with E-state index in [1.807, 2.05) is 6.92 Å². The molecule has 1 aromatic carbocycles. The maximum absolute atomic E-state index is 13.8. The van der Waals surface area contributed by atoms with E-state index in [4.69, 9.17) is 4.74 Å². The maximum atomic E-state index is 13.8. The largest absolute Gasteiger partial charge is 0.490 e. The topological polar surface area (TPSA) is 67.4 Å². The summed E-state index contributed by atoms with van der Waals surface area (Å²) in [6, 6.07) is 3.99. The Morgan fingerprint density at radius 2 is 1.96 bits per heavy atom. The van der Waals surface area contributed by atoms with Crippen LogP contribution in [0, 0.1) is 11.7 Å². The maximum Gasteiger partial charge on any atom is 0.240 e. The van der Waals surface area contributed by atoms with Crippen molar-refractivity contribution in [3.8, 4) is 5.75 Å². The van der Waals surface area contributed by atoms with Crippen molar-refractivity contribution in [2.45, 2.75) is 69.9 Å². The zero-order chi connectivity index (χ0) is 19.2. The second-order valence-corrected chi connectivity index (χ2v) is 9.19. The first kappa shape index (κ1) is 21.1. The lowest BCUT2D eigenvalue weighted by Crippen LogP contribution is -2.32. The van der Waals surface area contributed by atoms with Crippen LogP contribution < -0.4 is 14.8 Å². The van der Waals surface area contributed by atoms with Crippen LogP contribution in [0.15, 0.2) is 23.1 Å². The van der Waals surface area contributed by atoms with Gasteiger partial charge in [0.1, 0.15) is 0 Å². The van der Waals surface area contributed by atoms with Gasteiger partial charge in [0.15, 0.2) is 11.6 Å². The predicted molar refractivity (Wildman–Crippen MR) is 101 cm³/mol. The summed E-state index contributed by atoms with van der Waals surface area (Å²) in [5.41, 5.74) is 0. The molecule has 0 saturated heterocycles. The summed E-state index contributed by atoms with van der Waals surface area (Å²) in [4.78, 5) is 0.0398. The van der Waals surface area contributed by atoms with Crippen molar-refractivity contribution in [3.63, 3.8) is 0 Å². The molecule has 5 nitrogen and oxygen atoms in total. The summed E-state index contributed by atoms with van der Waals surface area (Å²) in [5, 5.41) is 3.34. The number of hydrogen-bond acceptors (Lipinski definition) is 4. The van der Waals surface area contributed by atoms with Crippen LogP contribution in [0.1, 0.15) is 52.9 Å². The smallest absolute Gasteiger partial charge is 0.240 e. The van der Waals surface area contributed by atoms with E-state index in [0.717, 1.165) is 44.7 Å². The Kier molecular flexibility index (Phi) is 7.85. The van der Waals surface area contributed by atoms with Gasteiger partial charge in [-0.3, -0.25) is 0 Å². The third-order valence-electron chi connectivity index (χ3n) is 4.36. The predicted octanol–water partition coefficient (Wildman–Crippen LogP) is 3.45. The summed E-state index contributed by atoms with van der Waals surface area (Å²) < 4.78 is 47.0. The molecule has 0 radical (unpaired) electrons. The van der Waals surface area contributed by atoms with Crippen LogP contribution in [0.5, 0.6) is 5.75 Å². The lowest BCUT2D eigenvalue weighted by atomic mass is 10.1. The highest BCUT2D eigenvalue weighted by Crippen LogP contribution is 2.30. The van der Waals surface area contributed by atoms with Gasteiger partial charge in [-0.1, -0.05) is 20.3 Å².